The van der Waals surface area contributed by atoms with E-state index in [1.807, 2.05) is 4.90 Å². The minimum Gasteiger partial charge on any atom is -0.368 e. The number of rotatable bonds is 4. The van der Waals surface area contributed by atoms with E-state index in [2.05, 4.69) is 0 Å². The maximum Gasteiger partial charge on any atom is 0.271 e. The van der Waals surface area contributed by atoms with Gasteiger partial charge in [-0.25, -0.2) is 12.8 Å². The lowest BCUT2D eigenvalue weighted by Gasteiger charge is -2.35. The molecule has 0 aliphatic carbocycles. The number of benzene rings is 2. The summed E-state index contributed by atoms with van der Waals surface area (Å²) in [6, 6.07) is 9.08. The van der Waals surface area contributed by atoms with E-state index in [1.165, 1.54) is 34.6 Å². The third-order valence-corrected chi connectivity index (χ3v) is 6.35. The summed E-state index contributed by atoms with van der Waals surface area (Å²) < 4.78 is 39.8. The average molecular weight is 400 g/mol. The van der Waals surface area contributed by atoms with Crippen molar-refractivity contribution in [2.45, 2.75) is 4.90 Å². The van der Waals surface area contributed by atoms with Crippen molar-refractivity contribution in [1.29, 1.82) is 0 Å². The van der Waals surface area contributed by atoms with Gasteiger partial charge in [0.1, 0.15) is 5.82 Å². The zero-order valence-corrected chi connectivity index (χ0v) is 15.1. The van der Waals surface area contributed by atoms with Crippen LogP contribution in [-0.4, -0.2) is 43.8 Å². The van der Waals surface area contributed by atoms with E-state index in [-0.39, 0.29) is 28.7 Å². The molecule has 10 heteroatoms. The molecule has 0 bridgehead atoms. The largest absolute Gasteiger partial charge is 0.368 e. The van der Waals surface area contributed by atoms with E-state index in [9.17, 15) is 22.9 Å². The number of hydrogen-bond donors (Lipinski definition) is 0. The quantitative estimate of drug-likeness (QED) is 0.583. The minimum absolute atomic E-state index is 0.0840. The van der Waals surface area contributed by atoms with Crippen LogP contribution in [-0.2, 0) is 10.0 Å². The molecule has 1 aliphatic rings. The Balaban J connectivity index is 1.74. The molecule has 0 saturated carbocycles. The Morgan fingerprint density at radius 3 is 2.35 bits per heavy atom. The van der Waals surface area contributed by atoms with Crippen LogP contribution in [0.1, 0.15) is 0 Å². The number of piperazine rings is 1. The van der Waals surface area contributed by atoms with Gasteiger partial charge in [0.15, 0.2) is 0 Å². The normalized spacial score (nSPS) is 15.8. The van der Waals surface area contributed by atoms with E-state index in [4.69, 9.17) is 11.6 Å². The Morgan fingerprint density at radius 2 is 1.77 bits per heavy atom. The summed E-state index contributed by atoms with van der Waals surface area (Å²) in [5.74, 6) is -0.609. The van der Waals surface area contributed by atoms with Crippen molar-refractivity contribution in [3.8, 4) is 0 Å². The summed E-state index contributed by atoms with van der Waals surface area (Å²) in [6.07, 6.45) is 0. The van der Waals surface area contributed by atoms with E-state index in [1.54, 1.807) is 6.07 Å². The molecule has 0 spiro atoms. The molecule has 1 saturated heterocycles. The van der Waals surface area contributed by atoms with Gasteiger partial charge in [0.05, 0.1) is 20.5 Å². The van der Waals surface area contributed by atoms with Crippen LogP contribution in [0.25, 0.3) is 0 Å². The predicted octanol–water partition coefficient (Wildman–Crippen LogP) is 2.90. The third-order valence-electron chi connectivity index (χ3n) is 4.16. The molecule has 1 aliphatic heterocycles. The number of non-ortho nitro benzene ring substituents is 1. The van der Waals surface area contributed by atoms with Crippen molar-refractivity contribution < 1.29 is 17.7 Å². The smallest absolute Gasteiger partial charge is 0.271 e. The molecule has 2 aromatic carbocycles. The molecular formula is C16H15ClFN3O4S. The molecular weight excluding hydrogens is 385 g/mol. The third kappa shape index (κ3) is 3.64. The molecule has 3 rings (SSSR count). The highest BCUT2D eigenvalue weighted by molar-refractivity contribution is 7.89. The van der Waals surface area contributed by atoms with Crippen LogP contribution in [0.15, 0.2) is 47.4 Å². The second kappa shape index (κ2) is 7.18. The van der Waals surface area contributed by atoms with Crippen LogP contribution in [0.3, 0.4) is 0 Å². The Labute approximate surface area is 154 Å². The Kier molecular flexibility index (Phi) is 5.12. The number of anilines is 1. The van der Waals surface area contributed by atoms with Gasteiger partial charge in [0.25, 0.3) is 5.69 Å². The monoisotopic (exact) mass is 399 g/mol. The number of sulfonamides is 1. The SMILES string of the molecule is O=[N+]([O-])c1ccc(N2CCN(S(=O)(=O)c3cccc(F)c3)CC2)c(Cl)c1. The van der Waals surface area contributed by atoms with Gasteiger partial charge in [-0.3, -0.25) is 10.1 Å². The maximum atomic E-state index is 13.3. The van der Waals surface area contributed by atoms with E-state index in [0.717, 1.165) is 6.07 Å². The molecule has 2 aromatic rings. The van der Waals surface area contributed by atoms with Gasteiger partial charge in [-0.15, -0.1) is 0 Å². The summed E-state index contributed by atoms with van der Waals surface area (Å²) in [7, 11) is -3.77. The summed E-state index contributed by atoms with van der Waals surface area (Å²) in [5.41, 5.74) is 0.506. The van der Waals surface area contributed by atoms with Crippen molar-refractivity contribution in [2.75, 3.05) is 31.1 Å². The van der Waals surface area contributed by atoms with Gasteiger partial charge in [0.2, 0.25) is 10.0 Å². The van der Waals surface area contributed by atoms with Gasteiger partial charge in [-0.1, -0.05) is 17.7 Å². The Hall–Kier alpha value is -2.23. The van der Waals surface area contributed by atoms with Crippen LogP contribution in [0.4, 0.5) is 15.8 Å². The van der Waals surface area contributed by atoms with Crippen LogP contribution >= 0.6 is 11.6 Å². The van der Waals surface area contributed by atoms with Crippen LogP contribution < -0.4 is 4.90 Å². The molecule has 138 valence electrons. The highest BCUT2D eigenvalue weighted by atomic mass is 35.5. The second-order valence-electron chi connectivity index (χ2n) is 5.74. The number of hydrogen-bond acceptors (Lipinski definition) is 5. The molecule has 0 radical (unpaired) electrons. The van der Waals surface area contributed by atoms with Gasteiger partial charge >= 0.3 is 0 Å². The molecule has 0 atom stereocenters. The summed E-state index contributed by atoms with van der Waals surface area (Å²) >= 11 is 6.13. The van der Waals surface area contributed by atoms with Crippen molar-refractivity contribution in [1.82, 2.24) is 4.31 Å². The van der Waals surface area contributed by atoms with E-state index >= 15 is 0 Å². The van der Waals surface area contributed by atoms with Crippen molar-refractivity contribution in [3.63, 3.8) is 0 Å². The summed E-state index contributed by atoms with van der Waals surface area (Å²) in [4.78, 5) is 12.0. The fourth-order valence-electron chi connectivity index (χ4n) is 2.81. The van der Waals surface area contributed by atoms with E-state index < -0.39 is 20.8 Å². The van der Waals surface area contributed by atoms with Crippen LogP contribution in [0.2, 0.25) is 5.02 Å². The van der Waals surface area contributed by atoms with E-state index in [0.29, 0.717) is 18.8 Å². The number of nitro benzene ring substituents is 1. The highest BCUT2D eigenvalue weighted by Gasteiger charge is 2.29. The zero-order chi connectivity index (χ0) is 18.9. The average Bonchev–Trinajstić information content (AvgIpc) is 2.61. The van der Waals surface area contributed by atoms with Crippen molar-refractivity contribution in [3.05, 3.63) is 63.4 Å². The number of halogens is 2. The molecule has 1 heterocycles. The first-order chi connectivity index (χ1) is 12.3. The topological polar surface area (TPSA) is 83.8 Å². The van der Waals surface area contributed by atoms with Gasteiger partial charge in [-0.2, -0.15) is 4.31 Å². The van der Waals surface area contributed by atoms with Crippen LogP contribution in [0.5, 0.6) is 0 Å². The Morgan fingerprint density at radius 1 is 1.08 bits per heavy atom. The lowest BCUT2D eigenvalue weighted by Crippen LogP contribution is -2.48. The highest BCUT2D eigenvalue weighted by Crippen LogP contribution is 2.31. The second-order valence-corrected chi connectivity index (χ2v) is 8.09. The molecule has 0 amide bonds. The van der Waals surface area contributed by atoms with Gasteiger partial charge in [0, 0.05) is 38.3 Å². The molecule has 0 N–H and O–H groups in total. The standard InChI is InChI=1S/C16H15ClFN3O4S/c17-15-11-13(21(22)23)4-5-16(15)19-6-8-20(9-7-19)26(24,25)14-3-1-2-12(18)10-14/h1-5,10-11H,6-9H2. The first kappa shape index (κ1) is 18.6. The summed E-state index contributed by atoms with van der Waals surface area (Å²) in [5, 5.41) is 11.0. The molecule has 7 nitrogen and oxygen atoms in total. The summed E-state index contributed by atoms with van der Waals surface area (Å²) in [6.45, 7) is 1.14. The lowest BCUT2D eigenvalue weighted by molar-refractivity contribution is -0.384. The molecule has 0 aromatic heterocycles. The first-order valence-corrected chi connectivity index (χ1v) is 9.55. The van der Waals surface area contributed by atoms with Crippen LogP contribution in [0, 0.1) is 15.9 Å². The first-order valence-electron chi connectivity index (χ1n) is 7.73. The minimum atomic E-state index is -3.77. The number of nitrogens with zero attached hydrogens (tertiary/aromatic N) is 3. The Bertz CT molecular complexity index is 946. The maximum absolute atomic E-state index is 13.3. The predicted molar refractivity (Wildman–Crippen MR) is 95.5 cm³/mol. The molecule has 26 heavy (non-hydrogen) atoms. The van der Waals surface area contributed by atoms with Gasteiger partial charge < -0.3 is 4.90 Å². The van der Waals surface area contributed by atoms with Gasteiger partial charge in [-0.05, 0) is 24.3 Å². The number of nitro groups is 1. The lowest BCUT2D eigenvalue weighted by atomic mass is 10.2. The molecule has 0 unspecified atom stereocenters. The molecule has 1 fully saturated rings. The fourth-order valence-corrected chi connectivity index (χ4v) is 4.56. The fraction of sp³-hybridized carbons (Fsp3) is 0.250. The zero-order valence-electron chi connectivity index (χ0n) is 13.5. The van der Waals surface area contributed by atoms with Crippen molar-refractivity contribution >= 4 is 33.0 Å². The van der Waals surface area contributed by atoms with Crippen molar-refractivity contribution in [2.24, 2.45) is 0 Å².